The summed E-state index contributed by atoms with van der Waals surface area (Å²) in [6.45, 7) is 0. The molecule has 7 heteroatoms. The van der Waals surface area contributed by atoms with Crippen LogP contribution in [0.2, 0.25) is 0 Å². The highest BCUT2D eigenvalue weighted by atomic mass is 79.9. The summed E-state index contributed by atoms with van der Waals surface area (Å²) in [5, 5.41) is 11.2. The molecular formula is C19H11BrN2O4. The number of carbonyl (C=O) groups excluding carboxylic acids is 3. The number of carbonyl (C=O) groups is 3. The van der Waals surface area contributed by atoms with Crippen LogP contribution in [0.15, 0.2) is 46.9 Å². The Morgan fingerprint density at radius 1 is 1.08 bits per heavy atom. The minimum Gasteiger partial charge on any atom is -0.505 e. The van der Waals surface area contributed by atoms with Gasteiger partial charge in [0.15, 0.2) is 17.3 Å². The molecule has 1 aliphatic rings. The summed E-state index contributed by atoms with van der Waals surface area (Å²) in [4.78, 5) is 41.3. The van der Waals surface area contributed by atoms with Gasteiger partial charge in [0.2, 0.25) is 5.91 Å². The molecule has 1 amide bonds. The summed E-state index contributed by atoms with van der Waals surface area (Å²) in [7, 11) is 0. The van der Waals surface area contributed by atoms with Gasteiger partial charge >= 0.3 is 0 Å². The smallest absolute Gasteiger partial charge is 0.248 e. The van der Waals surface area contributed by atoms with Crippen LogP contribution in [0.1, 0.15) is 42.7 Å². The van der Waals surface area contributed by atoms with E-state index < -0.39 is 23.4 Å². The second-order valence-electron chi connectivity index (χ2n) is 5.96. The number of Topliss-reactive ketones (excluding diaryl/α,β-unsaturated/α-hetero) is 2. The zero-order chi connectivity index (χ0) is 18.6. The van der Waals surface area contributed by atoms with Crippen molar-refractivity contribution in [3.63, 3.8) is 0 Å². The van der Waals surface area contributed by atoms with Crippen LogP contribution in [0, 0.1) is 0 Å². The number of nitrogens with two attached hydrogens (primary N) is 1. The zero-order valence-electron chi connectivity index (χ0n) is 13.2. The Balaban J connectivity index is 1.91. The van der Waals surface area contributed by atoms with Gasteiger partial charge in [0.1, 0.15) is 11.6 Å². The highest BCUT2D eigenvalue weighted by Gasteiger charge is 2.42. The number of hydrogen-bond donors (Lipinski definition) is 2. The molecule has 3 N–H and O–H groups in total. The highest BCUT2D eigenvalue weighted by molar-refractivity contribution is 9.10. The fourth-order valence-corrected chi connectivity index (χ4v) is 3.71. The summed E-state index contributed by atoms with van der Waals surface area (Å²) in [5.41, 5.74) is 6.22. The number of nitrogens with zero attached hydrogens (tertiary/aromatic N) is 1. The molecular weight excluding hydrogens is 400 g/mol. The highest BCUT2D eigenvalue weighted by Crippen LogP contribution is 2.42. The molecule has 0 radical (unpaired) electrons. The zero-order valence-corrected chi connectivity index (χ0v) is 14.8. The van der Waals surface area contributed by atoms with Crippen LogP contribution in [0.25, 0.3) is 10.9 Å². The largest absolute Gasteiger partial charge is 0.505 e. The average molecular weight is 411 g/mol. The van der Waals surface area contributed by atoms with Crippen molar-refractivity contribution in [1.82, 2.24) is 4.98 Å². The quantitative estimate of drug-likeness (QED) is 0.630. The number of pyridine rings is 1. The van der Waals surface area contributed by atoms with E-state index in [0.717, 1.165) is 0 Å². The molecule has 0 aliphatic heterocycles. The first-order valence-electron chi connectivity index (χ1n) is 7.69. The van der Waals surface area contributed by atoms with Crippen molar-refractivity contribution in [1.29, 1.82) is 0 Å². The number of para-hydroxylation sites is 1. The third kappa shape index (κ3) is 2.24. The molecule has 2 aromatic carbocycles. The van der Waals surface area contributed by atoms with Crippen molar-refractivity contribution in [3.05, 3.63) is 69.3 Å². The fraction of sp³-hybridized carbons (Fsp3) is 0.0526. The van der Waals surface area contributed by atoms with E-state index >= 15 is 0 Å². The molecule has 1 heterocycles. The van der Waals surface area contributed by atoms with E-state index in [4.69, 9.17) is 5.73 Å². The molecule has 0 saturated carbocycles. The number of halogens is 1. The van der Waals surface area contributed by atoms with Crippen LogP contribution in [0.3, 0.4) is 0 Å². The number of ketones is 2. The number of benzene rings is 2. The molecule has 3 aromatic rings. The lowest BCUT2D eigenvalue weighted by Crippen LogP contribution is -2.15. The van der Waals surface area contributed by atoms with Crippen LogP contribution < -0.4 is 5.73 Å². The SMILES string of the molecule is NC(=O)c1ccc2c(c1)C(=O)C(c1nc3ccccc3c(Br)c1O)C2=O. The van der Waals surface area contributed by atoms with Crippen molar-refractivity contribution in [2.75, 3.05) is 0 Å². The molecule has 0 bridgehead atoms. The van der Waals surface area contributed by atoms with Gasteiger partial charge < -0.3 is 10.8 Å². The Hall–Kier alpha value is -3.06. The first-order valence-corrected chi connectivity index (χ1v) is 8.49. The number of rotatable bonds is 2. The van der Waals surface area contributed by atoms with Gasteiger partial charge in [-0.3, -0.25) is 14.4 Å². The molecule has 1 atom stereocenters. The van der Waals surface area contributed by atoms with Crippen LogP contribution in [-0.4, -0.2) is 27.6 Å². The number of fused-ring (bicyclic) bond motifs is 2. The molecule has 1 unspecified atom stereocenters. The van der Waals surface area contributed by atoms with Crippen molar-refractivity contribution in [2.45, 2.75) is 5.92 Å². The summed E-state index contributed by atoms with van der Waals surface area (Å²) >= 11 is 3.31. The topological polar surface area (TPSA) is 110 Å². The van der Waals surface area contributed by atoms with Crippen molar-refractivity contribution in [3.8, 4) is 5.75 Å². The number of hydrogen-bond acceptors (Lipinski definition) is 5. The minimum absolute atomic E-state index is 0.0117. The van der Waals surface area contributed by atoms with Gasteiger partial charge in [-0.15, -0.1) is 0 Å². The molecule has 0 saturated heterocycles. The molecule has 26 heavy (non-hydrogen) atoms. The van der Waals surface area contributed by atoms with Gasteiger partial charge in [-0.1, -0.05) is 18.2 Å². The number of amides is 1. The van der Waals surface area contributed by atoms with Gasteiger partial charge in [-0.25, -0.2) is 4.98 Å². The first-order chi connectivity index (χ1) is 12.4. The predicted molar refractivity (Wildman–Crippen MR) is 97.5 cm³/mol. The van der Waals surface area contributed by atoms with Crippen molar-refractivity contribution >= 4 is 44.3 Å². The average Bonchev–Trinajstić information content (AvgIpc) is 2.88. The molecule has 128 valence electrons. The minimum atomic E-state index is -1.26. The van der Waals surface area contributed by atoms with Gasteiger partial charge in [0, 0.05) is 22.1 Å². The summed E-state index contributed by atoms with van der Waals surface area (Å²) in [5.74, 6) is -3.18. The van der Waals surface area contributed by atoms with E-state index in [-0.39, 0.29) is 28.1 Å². The Kier molecular flexibility index (Phi) is 3.62. The predicted octanol–water partition coefficient (Wildman–Crippen LogP) is 2.96. The lowest BCUT2D eigenvalue weighted by Gasteiger charge is -2.12. The second kappa shape index (κ2) is 5.74. The number of primary amides is 1. The third-order valence-electron chi connectivity index (χ3n) is 4.46. The van der Waals surface area contributed by atoms with Gasteiger partial charge in [0.05, 0.1) is 9.99 Å². The summed E-state index contributed by atoms with van der Waals surface area (Å²) in [6, 6.07) is 11.2. The number of aromatic nitrogens is 1. The van der Waals surface area contributed by atoms with E-state index in [0.29, 0.717) is 15.4 Å². The molecule has 6 nitrogen and oxygen atoms in total. The van der Waals surface area contributed by atoms with Crippen LogP contribution in [0.5, 0.6) is 5.75 Å². The van der Waals surface area contributed by atoms with E-state index in [9.17, 15) is 19.5 Å². The molecule has 0 fully saturated rings. The molecule has 4 rings (SSSR count). The van der Waals surface area contributed by atoms with Crippen LogP contribution in [0.4, 0.5) is 0 Å². The summed E-state index contributed by atoms with van der Waals surface area (Å²) < 4.78 is 0.368. The maximum absolute atomic E-state index is 12.8. The van der Waals surface area contributed by atoms with Crippen molar-refractivity contribution in [2.24, 2.45) is 5.73 Å². The Morgan fingerprint density at radius 3 is 2.50 bits per heavy atom. The summed E-state index contributed by atoms with van der Waals surface area (Å²) in [6.07, 6.45) is 0. The third-order valence-corrected chi connectivity index (χ3v) is 5.27. The van der Waals surface area contributed by atoms with E-state index in [1.54, 1.807) is 24.3 Å². The molecule has 0 spiro atoms. The number of aromatic hydroxyl groups is 1. The van der Waals surface area contributed by atoms with Crippen LogP contribution >= 0.6 is 15.9 Å². The second-order valence-corrected chi connectivity index (χ2v) is 6.76. The maximum atomic E-state index is 12.8. The van der Waals surface area contributed by atoms with Crippen molar-refractivity contribution < 1.29 is 19.5 Å². The fourth-order valence-electron chi connectivity index (χ4n) is 3.18. The molecule has 1 aromatic heterocycles. The monoisotopic (exact) mass is 410 g/mol. The van der Waals surface area contributed by atoms with E-state index in [2.05, 4.69) is 20.9 Å². The maximum Gasteiger partial charge on any atom is 0.248 e. The lowest BCUT2D eigenvalue weighted by molar-refractivity contribution is 0.0885. The van der Waals surface area contributed by atoms with Gasteiger partial charge in [-0.2, -0.15) is 0 Å². The Labute approximate surface area is 155 Å². The molecule has 1 aliphatic carbocycles. The lowest BCUT2D eigenvalue weighted by atomic mass is 9.97. The van der Waals surface area contributed by atoms with E-state index in [1.807, 2.05) is 0 Å². The van der Waals surface area contributed by atoms with E-state index in [1.165, 1.54) is 18.2 Å². The van der Waals surface area contributed by atoms with Gasteiger partial charge in [-0.05, 0) is 40.2 Å². The Morgan fingerprint density at radius 2 is 1.77 bits per heavy atom. The standard InChI is InChI=1S/C19H11BrN2O4/c20-14-10-3-1-2-4-12(10)22-15(18(14)25)13-16(23)9-6-5-8(19(21)26)7-11(9)17(13)24/h1-7,13,25H,(H2,21,26). The van der Waals surface area contributed by atoms with Crippen LogP contribution in [-0.2, 0) is 0 Å². The first kappa shape index (κ1) is 16.4. The Bertz CT molecular complexity index is 1140. The van der Waals surface area contributed by atoms with Gasteiger partial charge in [0.25, 0.3) is 0 Å². The normalized spacial score (nSPS) is 16.1.